The van der Waals surface area contributed by atoms with Crippen LogP contribution in [-0.4, -0.2) is 33.4 Å². The monoisotopic (exact) mass is 232 g/mol. The van der Waals surface area contributed by atoms with Crippen molar-refractivity contribution < 1.29 is 13.2 Å². The van der Waals surface area contributed by atoms with E-state index < -0.39 is 15.6 Å². The lowest BCUT2D eigenvalue weighted by molar-refractivity contribution is 0.216. The third-order valence-electron chi connectivity index (χ3n) is 2.58. The molecular weight excluding hydrogens is 216 g/mol. The molecule has 1 N–H and O–H groups in total. The predicted octanol–water partition coefficient (Wildman–Crippen LogP) is 0.389. The van der Waals surface area contributed by atoms with Crippen LogP contribution in [0, 0.1) is 11.3 Å². The van der Waals surface area contributed by atoms with Gasteiger partial charge in [0.1, 0.15) is 5.54 Å². The van der Waals surface area contributed by atoms with Crippen molar-refractivity contribution in [2.45, 2.75) is 31.2 Å². The van der Waals surface area contributed by atoms with E-state index in [1.54, 1.807) is 0 Å². The van der Waals surface area contributed by atoms with E-state index in [0.29, 0.717) is 12.8 Å². The molecule has 1 aliphatic carbocycles. The topological polar surface area (TPSA) is 79.2 Å². The van der Waals surface area contributed by atoms with Crippen molar-refractivity contribution >= 4 is 10.0 Å². The molecule has 0 bridgehead atoms. The molecule has 1 saturated carbocycles. The summed E-state index contributed by atoms with van der Waals surface area (Å²) in [5.41, 5.74) is -0.868. The van der Waals surface area contributed by atoms with Crippen LogP contribution in [-0.2, 0) is 14.8 Å². The van der Waals surface area contributed by atoms with E-state index in [1.165, 1.54) is 7.11 Å². The highest BCUT2D eigenvalue weighted by molar-refractivity contribution is 7.89. The van der Waals surface area contributed by atoms with Gasteiger partial charge in [-0.05, 0) is 12.8 Å². The number of nitrogens with one attached hydrogen (secondary N) is 1. The average Bonchev–Trinajstić information content (AvgIpc) is 2.63. The van der Waals surface area contributed by atoms with Crippen molar-refractivity contribution in [2.24, 2.45) is 0 Å². The third-order valence-corrected chi connectivity index (χ3v) is 3.98. The second-order valence-electron chi connectivity index (χ2n) is 3.81. The highest BCUT2D eigenvalue weighted by Gasteiger charge is 2.37. The SMILES string of the molecule is COCCS(=O)(=O)NC1(C#N)CCCC1. The minimum atomic E-state index is -3.40. The Hall–Kier alpha value is -0.640. The van der Waals surface area contributed by atoms with Crippen LogP contribution in [0.5, 0.6) is 0 Å². The summed E-state index contributed by atoms with van der Waals surface area (Å²) in [6.07, 6.45) is 3.02. The normalized spacial score (nSPS) is 20.0. The summed E-state index contributed by atoms with van der Waals surface area (Å²) in [5.74, 6) is -0.0903. The highest BCUT2D eigenvalue weighted by Crippen LogP contribution is 2.29. The van der Waals surface area contributed by atoms with Crippen molar-refractivity contribution in [3.05, 3.63) is 0 Å². The summed E-state index contributed by atoms with van der Waals surface area (Å²) in [4.78, 5) is 0. The molecule has 0 aromatic heterocycles. The molecule has 15 heavy (non-hydrogen) atoms. The molecule has 5 nitrogen and oxygen atoms in total. The van der Waals surface area contributed by atoms with E-state index in [4.69, 9.17) is 10.00 Å². The quantitative estimate of drug-likeness (QED) is 0.743. The van der Waals surface area contributed by atoms with E-state index in [-0.39, 0.29) is 12.4 Å². The number of ether oxygens (including phenoxy) is 1. The Kier molecular flexibility index (Phi) is 4.08. The molecule has 0 atom stereocenters. The maximum atomic E-state index is 11.6. The van der Waals surface area contributed by atoms with E-state index >= 15 is 0 Å². The molecule has 0 saturated heterocycles. The molecular formula is C9H16N2O3S. The summed E-state index contributed by atoms with van der Waals surface area (Å²) >= 11 is 0. The second-order valence-corrected chi connectivity index (χ2v) is 5.66. The standard InChI is InChI=1S/C9H16N2O3S/c1-14-6-7-15(12,13)11-9(8-10)4-2-3-5-9/h11H,2-7H2,1H3. The minimum absolute atomic E-state index is 0.0903. The van der Waals surface area contributed by atoms with Crippen LogP contribution < -0.4 is 4.72 Å². The average molecular weight is 232 g/mol. The first-order valence-corrected chi connectivity index (χ1v) is 6.61. The molecule has 0 aromatic carbocycles. The van der Waals surface area contributed by atoms with Gasteiger partial charge in [0.25, 0.3) is 0 Å². The molecule has 0 amide bonds. The molecule has 0 aromatic rings. The van der Waals surface area contributed by atoms with E-state index in [1.807, 2.05) is 0 Å². The number of nitrogens with zero attached hydrogens (tertiary/aromatic N) is 1. The summed E-state index contributed by atoms with van der Waals surface area (Å²) < 4.78 is 30.3. The molecule has 1 fully saturated rings. The third kappa shape index (κ3) is 3.45. The molecule has 0 spiro atoms. The van der Waals surface area contributed by atoms with Gasteiger partial charge in [-0.3, -0.25) is 0 Å². The lowest BCUT2D eigenvalue weighted by Gasteiger charge is -2.21. The first-order chi connectivity index (χ1) is 7.04. The number of hydrogen-bond donors (Lipinski definition) is 1. The maximum absolute atomic E-state index is 11.6. The van der Waals surface area contributed by atoms with Gasteiger partial charge in [-0.25, -0.2) is 8.42 Å². The van der Waals surface area contributed by atoms with Crippen LogP contribution in [0.3, 0.4) is 0 Å². The van der Waals surface area contributed by atoms with Crippen molar-refractivity contribution in [3.63, 3.8) is 0 Å². The Morgan fingerprint density at radius 1 is 1.47 bits per heavy atom. The van der Waals surface area contributed by atoms with Gasteiger partial charge < -0.3 is 4.74 Å². The summed E-state index contributed by atoms with van der Waals surface area (Å²) in [6.45, 7) is 0.150. The highest BCUT2D eigenvalue weighted by atomic mass is 32.2. The van der Waals surface area contributed by atoms with Crippen LogP contribution in [0.4, 0.5) is 0 Å². The van der Waals surface area contributed by atoms with Gasteiger partial charge >= 0.3 is 0 Å². The zero-order valence-electron chi connectivity index (χ0n) is 8.82. The lowest BCUT2D eigenvalue weighted by atomic mass is 10.0. The van der Waals surface area contributed by atoms with Gasteiger partial charge in [0, 0.05) is 7.11 Å². The van der Waals surface area contributed by atoms with Crippen LogP contribution in [0.25, 0.3) is 0 Å². The van der Waals surface area contributed by atoms with Gasteiger partial charge in [0.15, 0.2) is 0 Å². The van der Waals surface area contributed by atoms with E-state index in [0.717, 1.165) is 12.8 Å². The van der Waals surface area contributed by atoms with Crippen LogP contribution in [0.15, 0.2) is 0 Å². The fourth-order valence-corrected chi connectivity index (χ4v) is 3.09. The molecule has 86 valence electrons. The van der Waals surface area contributed by atoms with Gasteiger partial charge in [0.05, 0.1) is 18.4 Å². The Bertz CT molecular complexity index is 339. The van der Waals surface area contributed by atoms with Crippen molar-refractivity contribution in [2.75, 3.05) is 19.5 Å². The van der Waals surface area contributed by atoms with Crippen LogP contribution in [0.2, 0.25) is 0 Å². The smallest absolute Gasteiger partial charge is 0.215 e. The summed E-state index contributed by atoms with van der Waals surface area (Å²) in [6, 6.07) is 2.08. The zero-order chi connectivity index (χ0) is 11.4. The number of nitriles is 1. The Balaban J connectivity index is 2.63. The number of sulfonamides is 1. The molecule has 0 unspecified atom stereocenters. The number of methoxy groups -OCH3 is 1. The van der Waals surface area contributed by atoms with Crippen LogP contribution >= 0.6 is 0 Å². The van der Waals surface area contributed by atoms with Crippen molar-refractivity contribution in [3.8, 4) is 6.07 Å². The summed E-state index contributed by atoms with van der Waals surface area (Å²) in [7, 11) is -1.95. The van der Waals surface area contributed by atoms with Gasteiger partial charge in [-0.1, -0.05) is 12.8 Å². The second kappa shape index (κ2) is 4.92. The molecule has 6 heteroatoms. The van der Waals surface area contributed by atoms with Gasteiger partial charge in [0.2, 0.25) is 10.0 Å². The Morgan fingerprint density at radius 3 is 2.53 bits per heavy atom. The molecule has 0 aliphatic heterocycles. The minimum Gasteiger partial charge on any atom is -0.384 e. The number of hydrogen-bond acceptors (Lipinski definition) is 4. The maximum Gasteiger partial charge on any atom is 0.215 e. The van der Waals surface area contributed by atoms with Gasteiger partial charge in [-0.15, -0.1) is 0 Å². The molecule has 0 radical (unpaired) electrons. The van der Waals surface area contributed by atoms with Crippen molar-refractivity contribution in [1.29, 1.82) is 5.26 Å². The molecule has 1 aliphatic rings. The molecule has 0 heterocycles. The fourth-order valence-electron chi connectivity index (χ4n) is 1.76. The predicted molar refractivity (Wildman–Crippen MR) is 55.6 cm³/mol. The fraction of sp³-hybridized carbons (Fsp3) is 0.889. The Morgan fingerprint density at radius 2 is 2.07 bits per heavy atom. The van der Waals surface area contributed by atoms with Gasteiger partial charge in [-0.2, -0.15) is 9.98 Å². The summed E-state index contributed by atoms with van der Waals surface area (Å²) in [5, 5.41) is 9.00. The Labute approximate surface area is 90.5 Å². The van der Waals surface area contributed by atoms with E-state index in [9.17, 15) is 8.42 Å². The van der Waals surface area contributed by atoms with Crippen molar-refractivity contribution in [1.82, 2.24) is 4.72 Å². The van der Waals surface area contributed by atoms with Crippen LogP contribution in [0.1, 0.15) is 25.7 Å². The largest absolute Gasteiger partial charge is 0.384 e. The van der Waals surface area contributed by atoms with E-state index in [2.05, 4.69) is 10.8 Å². The number of rotatable bonds is 5. The zero-order valence-corrected chi connectivity index (χ0v) is 9.64. The lowest BCUT2D eigenvalue weighted by Crippen LogP contribution is -2.46. The first-order valence-electron chi connectivity index (χ1n) is 4.95. The molecule has 1 rings (SSSR count). The first kappa shape index (κ1) is 12.4.